The zero-order valence-corrected chi connectivity index (χ0v) is 14.2. The van der Waals surface area contributed by atoms with Crippen molar-refractivity contribution < 1.29 is 14.2 Å². The fraction of sp³-hybridized carbons (Fsp3) is 0.333. The van der Waals surface area contributed by atoms with Gasteiger partial charge in [-0.05, 0) is 47.9 Å². The Bertz CT molecular complexity index is 718. The maximum Gasteiger partial charge on any atom is 0.161 e. The topological polar surface area (TPSA) is 39.7 Å². The maximum absolute atomic E-state index is 6.20. The van der Waals surface area contributed by atoms with E-state index in [4.69, 9.17) is 25.8 Å². The monoisotopic (exact) mass is 333 g/mol. The molecule has 0 saturated heterocycles. The molecule has 0 spiro atoms. The minimum absolute atomic E-state index is 0.00667. The van der Waals surface area contributed by atoms with Gasteiger partial charge in [0.05, 0.1) is 27.4 Å². The molecular formula is C18H20ClNO3. The smallest absolute Gasteiger partial charge is 0.161 e. The standard InChI is InChI=1S/C18H20ClNO3/c1-21-15-5-4-12(19)9-14(15)18-13-10-17(23-3)16(22-2)8-11(13)6-7-20-18/h4-5,8-10,18,20H,6-7H2,1-3H3. The highest BCUT2D eigenvalue weighted by molar-refractivity contribution is 6.30. The lowest BCUT2D eigenvalue weighted by molar-refractivity contribution is 0.352. The lowest BCUT2D eigenvalue weighted by Crippen LogP contribution is -2.31. The number of benzene rings is 2. The summed E-state index contributed by atoms with van der Waals surface area (Å²) in [6.45, 7) is 0.878. The predicted molar refractivity (Wildman–Crippen MR) is 91.1 cm³/mol. The largest absolute Gasteiger partial charge is 0.496 e. The molecule has 1 aliphatic rings. The number of ether oxygens (including phenoxy) is 3. The van der Waals surface area contributed by atoms with Gasteiger partial charge >= 0.3 is 0 Å². The van der Waals surface area contributed by atoms with Crippen LogP contribution in [-0.2, 0) is 6.42 Å². The number of nitrogens with one attached hydrogen (secondary N) is 1. The van der Waals surface area contributed by atoms with Gasteiger partial charge in [-0.15, -0.1) is 0 Å². The van der Waals surface area contributed by atoms with Gasteiger partial charge in [0.1, 0.15) is 5.75 Å². The Labute approximate surface area is 141 Å². The molecule has 0 radical (unpaired) electrons. The summed E-state index contributed by atoms with van der Waals surface area (Å²) in [6.07, 6.45) is 0.940. The molecule has 0 fully saturated rings. The Morgan fingerprint density at radius 1 is 0.913 bits per heavy atom. The van der Waals surface area contributed by atoms with Crippen LogP contribution in [-0.4, -0.2) is 27.9 Å². The molecule has 1 N–H and O–H groups in total. The van der Waals surface area contributed by atoms with Crippen molar-refractivity contribution in [2.24, 2.45) is 0 Å². The van der Waals surface area contributed by atoms with E-state index in [0.29, 0.717) is 5.02 Å². The van der Waals surface area contributed by atoms with Gasteiger partial charge in [0.2, 0.25) is 0 Å². The average molecular weight is 334 g/mol. The van der Waals surface area contributed by atoms with Crippen LogP contribution in [0.4, 0.5) is 0 Å². The molecule has 1 heterocycles. The maximum atomic E-state index is 6.20. The van der Waals surface area contributed by atoms with Crippen LogP contribution in [0.5, 0.6) is 17.2 Å². The highest BCUT2D eigenvalue weighted by Gasteiger charge is 2.26. The molecule has 0 bridgehead atoms. The van der Waals surface area contributed by atoms with Gasteiger partial charge in [0, 0.05) is 17.1 Å². The molecule has 0 aliphatic carbocycles. The van der Waals surface area contributed by atoms with E-state index in [2.05, 4.69) is 11.4 Å². The van der Waals surface area contributed by atoms with Crippen LogP contribution < -0.4 is 19.5 Å². The summed E-state index contributed by atoms with van der Waals surface area (Å²) >= 11 is 6.20. The van der Waals surface area contributed by atoms with Crippen molar-refractivity contribution in [1.82, 2.24) is 5.32 Å². The van der Waals surface area contributed by atoms with E-state index >= 15 is 0 Å². The second-order valence-corrected chi connectivity index (χ2v) is 5.87. The molecule has 0 amide bonds. The second kappa shape index (κ2) is 6.69. The quantitative estimate of drug-likeness (QED) is 0.928. The first kappa shape index (κ1) is 16.0. The van der Waals surface area contributed by atoms with Gasteiger partial charge in [0.15, 0.2) is 11.5 Å². The van der Waals surface area contributed by atoms with Crippen LogP contribution in [0.25, 0.3) is 0 Å². The van der Waals surface area contributed by atoms with Crippen molar-refractivity contribution in [3.05, 3.63) is 52.0 Å². The van der Waals surface area contributed by atoms with E-state index in [9.17, 15) is 0 Å². The molecule has 0 saturated carbocycles. The summed E-state index contributed by atoms with van der Waals surface area (Å²) in [5.74, 6) is 2.29. The number of halogens is 1. The van der Waals surface area contributed by atoms with Crippen molar-refractivity contribution in [2.75, 3.05) is 27.9 Å². The third-order valence-corrected chi connectivity index (χ3v) is 4.44. The van der Waals surface area contributed by atoms with Crippen molar-refractivity contribution in [1.29, 1.82) is 0 Å². The number of rotatable bonds is 4. The van der Waals surface area contributed by atoms with Crippen molar-refractivity contribution in [3.8, 4) is 17.2 Å². The summed E-state index contributed by atoms with van der Waals surface area (Å²) in [6, 6.07) is 9.78. The Hall–Kier alpha value is -1.91. The van der Waals surface area contributed by atoms with E-state index in [1.807, 2.05) is 24.3 Å². The SMILES string of the molecule is COc1cc2c(cc1OC)C(c1cc(Cl)ccc1OC)NCC2. The first-order valence-electron chi connectivity index (χ1n) is 7.49. The van der Waals surface area contributed by atoms with E-state index in [0.717, 1.165) is 41.3 Å². The Morgan fingerprint density at radius 3 is 2.30 bits per heavy atom. The zero-order valence-electron chi connectivity index (χ0n) is 13.5. The normalized spacial score (nSPS) is 16.6. The van der Waals surface area contributed by atoms with Crippen LogP contribution in [0.1, 0.15) is 22.7 Å². The first-order chi connectivity index (χ1) is 11.2. The van der Waals surface area contributed by atoms with E-state index < -0.39 is 0 Å². The molecule has 1 aliphatic heterocycles. The van der Waals surface area contributed by atoms with Gasteiger partial charge in [-0.3, -0.25) is 0 Å². The number of hydrogen-bond donors (Lipinski definition) is 1. The molecule has 0 aromatic heterocycles. The van der Waals surface area contributed by atoms with Gasteiger partial charge in [0.25, 0.3) is 0 Å². The molecule has 23 heavy (non-hydrogen) atoms. The number of methoxy groups -OCH3 is 3. The third-order valence-electron chi connectivity index (χ3n) is 4.20. The van der Waals surface area contributed by atoms with Gasteiger partial charge in [-0.1, -0.05) is 11.6 Å². The summed E-state index contributed by atoms with van der Waals surface area (Å²) in [5.41, 5.74) is 3.43. The fourth-order valence-corrected chi connectivity index (χ4v) is 3.27. The molecular weight excluding hydrogens is 314 g/mol. The molecule has 1 unspecified atom stereocenters. The molecule has 1 atom stereocenters. The Morgan fingerprint density at radius 2 is 1.61 bits per heavy atom. The Balaban J connectivity index is 2.13. The Kier molecular flexibility index (Phi) is 4.64. The van der Waals surface area contributed by atoms with Crippen LogP contribution in [0, 0.1) is 0 Å². The summed E-state index contributed by atoms with van der Waals surface area (Å²) in [7, 11) is 4.98. The van der Waals surface area contributed by atoms with Crippen LogP contribution in [0.2, 0.25) is 5.02 Å². The lowest BCUT2D eigenvalue weighted by Gasteiger charge is -2.29. The summed E-state index contributed by atoms with van der Waals surface area (Å²) < 4.78 is 16.4. The van der Waals surface area contributed by atoms with Crippen LogP contribution in [0.15, 0.2) is 30.3 Å². The van der Waals surface area contributed by atoms with E-state index in [-0.39, 0.29) is 6.04 Å². The lowest BCUT2D eigenvalue weighted by atomic mass is 9.89. The second-order valence-electron chi connectivity index (χ2n) is 5.43. The predicted octanol–water partition coefficient (Wildman–Crippen LogP) is 3.60. The van der Waals surface area contributed by atoms with Gasteiger partial charge < -0.3 is 19.5 Å². The van der Waals surface area contributed by atoms with Crippen LogP contribution >= 0.6 is 11.6 Å². The molecule has 2 aromatic rings. The minimum atomic E-state index is 0.00667. The molecule has 3 rings (SSSR count). The number of fused-ring (bicyclic) bond motifs is 1. The van der Waals surface area contributed by atoms with Gasteiger partial charge in [-0.2, -0.15) is 0 Å². The van der Waals surface area contributed by atoms with Crippen molar-refractivity contribution >= 4 is 11.6 Å². The van der Waals surface area contributed by atoms with Crippen molar-refractivity contribution in [2.45, 2.75) is 12.5 Å². The highest BCUT2D eigenvalue weighted by Crippen LogP contribution is 2.40. The molecule has 4 nitrogen and oxygen atoms in total. The molecule has 122 valence electrons. The average Bonchev–Trinajstić information content (AvgIpc) is 2.59. The third kappa shape index (κ3) is 2.96. The fourth-order valence-electron chi connectivity index (χ4n) is 3.09. The minimum Gasteiger partial charge on any atom is -0.496 e. The summed E-state index contributed by atoms with van der Waals surface area (Å²) in [5, 5.41) is 4.24. The zero-order chi connectivity index (χ0) is 16.4. The molecule has 2 aromatic carbocycles. The van der Waals surface area contributed by atoms with Crippen molar-refractivity contribution in [3.63, 3.8) is 0 Å². The van der Waals surface area contributed by atoms with Gasteiger partial charge in [-0.25, -0.2) is 0 Å². The van der Waals surface area contributed by atoms with E-state index in [1.54, 1.807) is 21.3 Å². The van der Waals surface area contributed by atoms with Crippen LogP contribution in [0.3, 0.4) is 0 Å². The molecule has 5 heteroatoms. The first-order valence-corrected chi connectivity index (χ1v) is 7.87. The summed E-state index contributed by atoms with van der Waals surface area (Å²) in [4.78, 5) is 0. The number of hydrogen-bond acceptors (Lipinski definition) is 4. The highest BCUT2D eigenvalue weighted by atomic mass is 35.5. The van der Waals surface area contributed by atoms with E-state index in [1.165, 1.54) is 5.56 Å².